The average molecular weight is 444 g/mol. The van der Waals surface area contributed by atoms with Gasteiger partial charge in [0.2, 0.25) is 5.91 Å². The van der Waals surface area contributed by atoms with Gasteiger partial charge in [0.15, 0.2) is 0 Å². The topological polar surface area (TPSA) is 49.4 Å². The monoisotopic (exact) mass is 444 g/mol. The summed E-state index contributed by atoms with van der Waals surface area (Å²) in [6.07, 6.45) is 0. The molecule has 0 heterocycles. The van der Waals surface area contributed by atoms with Crippen LogP contribution in [0.3, 0.4) is 0 Å². The molecule has 0 fully saturated rings. The average Bonchev–Trinajstić information content (AvgIpc) is 2.55. The van der Waals surface area contributed by atoms with Crippen LogP contribution in [0.4, 0.5) is 14.5 Å². The van der Waals surface area contributed by atoms with Crippen LogP contribution in [-0.4, -0.2) is 29.8 Å². The van der Waals surface area contributed by atoms with Crippen LogP contribution in [0.1, 0.15) is 17.3 Å². The molecule has 0 aromatic heterocycles. The van der Waals surface area contributed by atoms with Gasteiger partial charge < -0.3 is 10.2 Å². The summed E-state index contributed by atoms with van der Waals surface area (Å²) >= 11 is 2.09. The molecule has 7 heteroatoms. The Kier molecular flexibility index (Phi) is 6.24. The summed E-state index contributed by atoms with van der Waals surface area (Å²) < 4.78 is 28.0. The highest BCUT2D eigenvalue weighted by Crippen LogP contribution is 2.18. The number of nitrogens with one attached hydrogen (secondary N) is 1. The van der Waals surface area contributed by atoms with Crippen molar-refractivity contribution < 1.29 is 18.4 Å². The van der Waals surface area contributed by atoms with E-state index in [0.29, 0.717) is 5.56 Å². The molecule has 0 atom stereocenters. The molecule has 0 bridgehead atoms. The van der Waals surface area contributed by atoms with Crippen molar-refractivity contribution in [2.45, 2.75) is 6.92 Å². The van der Waals surface area contributed by atoms with E-state index in [1.807, 2.05) is 6.07 Å². The summed E-state index contributed by atoms with van der Waals surface area (Å²) in [5.74, 6) is -2.72. The zero-order chi connectivity index (χ0) is 17.7. The summed E-state index contributed by atoms with van der Waals surface area (Å²) in [6, 6.07) is 10.3. The van der Waals surface area contributed by atoms with Crippen molar-refractivity contribution in [2.24, 2.45) is 0 Å². The van der Waals surface area contributed by atoms with Gasteiger partial charge >= 0.3 is 0 Å². The van der Waals surface area contributed by atoms with Crippen molar-refractivity contribution in [1.82, 2.24) is 4.90 Å². The molecule has 0 aliphatic rings. The third kappa shape index (κ3) is 4.50. The van der Waals surface area contributed by atoms with Crippen LogP contribution in [0.2, 0.25) is 0 Å². The van der Waals surface area contributed by atoms with E-state index in [0.717, 1.165) is 15.7 Å². The van der Waals surface area contributed by atoms with Crippen molar-refractivity contribution >= 4 is 40.1 Å². The van der Waals surface area contributed by atoms with Crippen molar-refractivity contribution in [2.75, 3.05) is 18.4 Å². The Bertz CT molecular complexity index is 748. The van der Waals surface area contributed by atoms with E-state index in [4.69, 9.17) is 0 Å². The number of likely N-dealkylation sites (N-methyl/N-ethyl adjacent to an activating group) is 1. The van der Waals surface area contributed by atoms with Crippen LogP contribution in [0.25, 0.3) is 0 Å². The fourth-order valence-corrected chi connectivity index (χ4v) is 2.64. The number of benzene rings is 2. The normalized spacial score (nSPS) is 10.3. The highest BCUT2D eigenvalue weighted by molar-refractivity contribution is 14.1. The lowest BCUT2D eigenvalue weighted by molar-refractivity contribution is -0.116. The van der Waals surface area contributed by atoms with Gasteiger partial charge in [-0.3, -0.25) is 9.59 Å². The maximum absolute atomic E-state index is 13.6. The fourth-order valence-electron chi connectivity index (χ4n) is 2.10. The molecule has 4 nitrogen and oxygen atoms in total. The Morgan fingerprint density at radius 2 is 1.75 bits per heavy atom. The second-order valence-corrected chi connectivity index (χ2v) is 6.22. The van der Waals surface area contributed by atoms with Gasteiger partial charge in [0, 0.05) is 15.7 Å². The van der Waals surface area contributed by atoms with Crippen LogP contribution in [-0.2, 0) is 4.79 Å². The molecule has 2 aromatic carbocycles. The van der Waals surface area contributed by atoms with Crippen molar-refractivity contribution in [1.29, 1.82) is 0 Å². The predicted octanol–water partition coefficient (Wildman–Crippen LogP) is 3.67. The molecule has 126 valence electrons. The van der Waals surface area contributed by atoms with E-state index in [-0.39, 0.29) is 19.0 Å². The minimum atomic E-state index is -0.865. The summed E-state index contributed by atoms with van der Waals surface area (Å²) in [7, 11) is 0. The molecule has 2 amide bonds. The second kappa shape index (κ2) is 8.18. The number of hydrogen-bond acceptors (Lipinski definition) is 2. The zero-order valence-electron chi connectivity index (χ0n) is 12.9. The summed E-state index contributed by atoms with van der Waals surface area (Å²) in [5.41, 5.74) is -0.0612. The molecule has 2 rings (SSSR count). The standard InChI is InChI=1S/C17H15F2IN2O2/c1-2-22(17(24)11-5-3-6-12(20)9-11)10-15(23)21-16-13(18)7-4-8-14(16)19/h3-9H,2,10H2,1H3,(H,21,23). The number of nitrogens with zero attached hydrogens (tertiary/aromatic N) is 1. The molecular formula is C17H15F2IN2O2. The highest BCUT2D eigenvalue weighted by Gasteiger charge is 2.19. The summed E-state index contributed by atoms with van der Waals surface area (Å²) in [6.45, 7) is 1.72. The van der Waals surface area contributed by atoms with Crippen molar-refractivity contribution in [3.63, 3.8) is 0 Å². The molecule has 0 unspecified atom stereocenters. The molecule has 0 saturated carbocycles. The van der Waals surface area contributed by atoms with Gasteiger partial charge in [0.1, 0.15) is 23.9 Å². The Labute approximate surface area is 152 Å². The lowest BCUT2D eigenvalue weighted by atomic mass is 10.2. The Hall–Kier alpha value is -2.03. The first-order valence-electron chi connectivity index (χ1n) is 7.21. The van der Waals surface area contributed by atoms with E-state index >= 15 is 0 Å². The lowest BCUT2D eigenvalue weighted by Gasteiger charge is -2.20. The third-order valence-corrected chi connectivity index (χ3v) is 3.97. The number of carbonyl (C=O) groups is 2. The van der Waals surface area contributed by atoms with Crippen LogP contribution in [0.15, 0.2) is 42.5 Å². The van der Waals surface area contributed by atoms with E-state index in [1.165, 1.54) is 11.0 Å². The summed E-state index contributed by atoms with van der Waals surface area (Å²) in [4.78, 5) is 25.8. The quantitative estimate of drug-likeness (QED) is 0.716. The molecule has 0 radical (unpaired) electrons. The minimum absolute atomic E-state index is 0.289. The molecule has 0 aliphatic heterocycles. The maximum Gasteiger partial charge on any atom is 0.254 e. The number of amides is 2. The second-order valence-electron chi connectivity index (χ2n) is 4.97. The van der Waals surface area contributed by atoms with Gasteiger partial charge in [-0.15, -0.1) is 0 Å². The number of hydrogen-bond donors (Lipinski definition) is 1. The van der Waals surface area contributed by atoms with Crippen LogP contribution in [0.5, 0.6) is 0 Å². The Balaban J connectivity index is 2.09. The smallest absolute Gasteiger partial charge is 0.254 e. The van der Waals surface area contributed by atoms with Gasteiger partial charge in [0.05, 0.1) is 0 Å². The minimum Gasteiger partial charge on any atom is -0.330 e. The zero-order valence-corrected chi connectivity index (χ0v) is 15.0. The number of halogens is 3. The number of carbonyl (C=O) groups excluding carboxylic acids is 2. The van der Waals surface area contributed by atoms with Gasteiger partial charge in [0.25, 0.3) is 5.91 Å². The molecular weight excluding hydrogens is 429 g/mol. The molecule has 0 saturated heterocycles. The predicted molar refractivity (Wildman–Crippen MR) is 95.7 cm³/mol. The highest BCUT2D eigenvalue weighted by atomic mass is 127. The van der Waals surface area contributed by atoms with Crippen LogP contribution in [0, 0.1) is 15.2 Å². The van der Waals surface area contributed by atoms with Gasteiger partial charge in [-0.1, -0.05) is 12.1 Å². The number of anilines is 1. The molecule has 2 aromatic rings. The number of para-hydroxylation sites is 1. The van der Waals surface area contributed by atoms with Crippen LogP contribution >= 0.6 is 22.6 Å². The number of rotatable bonds is 5. The van der Waals surface area contributed by atoms with E-state index < -0.39 is 23.2 Å². The lowest BCUT2D eigenvalue weighted by Crippen LogP contribution is -2.38. The molecule has 24 heavy (non-hydrogen) atoms. The van der Waals surface area contributed by atoms with Crippen molar-refractivity contribution in [3.8, 4) is 0 Å². The van der Waals surface area contributed by atoms with Crippen molar-refractivity contribution in [3.05, 3.63) is 63.2 Å². The van der Waals surface area contributed by atoms with E-state index in [9.17, 15) is 18.4 Å². The first-order valence-corrected chi connectivity index (χ1v) is 8.29. The fraction of sp³-hybridized carbons (Fsp3) is 0.176. The SMILES string of the molecule is CCN(CC(=O)Nc1c(F)cccc1F)C(=O)c1cccc(I)c1. The Morgan fingerprint density at radius 3 is 2.33 bits per heavy atom. The van der Waals surface area contributed by atoms with Gasteiger partial charge in [-0.05, 0) is 59.8 Å². The Morgan fingerprint density at radius 1 is 1.12 bits per heavy atom. The van der Waals surface area contributed by atoms with E-state index in [1.54, 1.807) is 25.1 Å². The molecule has 1 N–H and O–H groups in total. The third-order valence-electron chi connectivity index (χ3n) is 3.30. The first kappa shape index (κ1) is 18.3. The molecule has 0 spiro atoms. The maximum atomic E-state index is 13.6. The van der Waals surface area contributed by atoms with Crippen LogP contribution < -0.4 is 5.32 Å². The van der Waals surface area contributed by atoms with Gasteiger partial charge in [-0.2, -0.15) is 0 Å². The largest absolute Gasteiger partial charge is 0.330 e. The first-order chi connectivity index (χ1) is 11.4. The van der Waals surface area contributed by atoms with Gasteiger partial charge in [-0.25, -0.2) is 8.78 Å². The molecule has 0 aliphatic carbocycles. The van der Waals surface area contributed by atoms with E-state index in [2.05, 4.69) is 27.9 Å². The summed E-state index contributed by atoms with van der Waals surface area (Å²) in [5, 5.41) is 2.18.